The molecule has 0 spiro atoms. The summed E-state index contributed by atoms with van der Waals surface area (Å²) in [5, 5.41) is 4.06. The van der Waals surface area contributed by atoms with Gasteiger partial charge >= 0.3 is 0 Å². The van der Waals surface area contributed by atoms with E-state index in [1.54, 1.807) is 0 Å². The zero-order valence-corrected chi connectivity index (χ0v) is 14.7. The fraction of sp³-hybridized carbons (Fsp3) is 0.526. The number of benzene rings is 1. The van der Waals surface area contributed by atoms with Crippen molar-refractivity contribution in [2.75, 3.05) is 32.9 Å². The zero-order valence-electron chi connectivity index (χ0n) is 14.7. The van der Waals surface area contributed by atoms with Crippen molar-refractivity contribution in [1.29, 1.82) is 0 Å². The van der Waals surface area contributed by atoms with Gasteiger partial charge in [0.1, 0.15) is 5.75 Å². The van der Waals surface area contributed by atoms with Gasteiger partial charge in [0.25, 0.3) is 11.8 Å². The van der Waals surface area contributed by atoms with E-state index in [0.717, 1.165) is 44.5 Å². The Balaban J connectivity index is 1.33. The van der Waals surface area contributed by atoms with Gasteiger partial charge in [-0.2, -0.15) is 4.98 Å². The Hall–Kier alpha value is -2.41. The van der Waals surface area contributed by atoms with Crippen molar-refractivity contribution in [3.63, 3.8) is 0 Å². The summed E-state index contributed by atoms with van der Waals surface area (Å²) in [4.78, 5) is 18.5. The lowest BCUT2D eigenvalue weighted by Crippen LogP contribution is -2.38. The summed E-state index contributed by atoms with van der Waals surface area (Å²) in [5.74, 6) is 2.11. The third kappa shape index (κ3) is 3.88. The molecule has 4 rings (SSSR count). The maximum atomic E-state index is 12.1. The summed E-state index contributed by atoms with van der Waals surface area (Å²) in [7, 11) is 0. The quantitative estimate of drug-likeness (QED) is 0.819. The highest BCUT2D eigenvalue weighted by atomic mass is 16.5. The SMILES string of the molecule is O=C(COc1ccc(-c2nc([C@@H]3CCOC3)no2)cc1)N1CCCCC1. The van der Waals surface area contributed by atoms with Gasteiger partial charge < -0.3 is 18.9 Å². The van der Waals surface area contributed by atoms with Crippen molar-refractivity contribution >= 4 is 5.91 Å². The molecule has 2 aromatic rings. The lowest BCUT2D eigenvalue weighted by molar-refractivity contribution is -0.134. The lowest BCUT2D eigenvalue weighted by Gasteiger charge is -2.26. The van der Waals surface area contributed by atoms with Crippen LogP contribution in [0.2, 0.25) is 0 Å². The number of aromatic nitrogens is 2. The molecular weight excluding hydrogens is 334 g/mol. The van der Waals surface area contributed by atoms with E-state index in [-0.39, 0.29) is 18.4 Å². The number of rotatable bonds is 5. The average molecular weight is 357 g/mol. The van der Waals surface area contributed by atoms with E-state index < -0.39 is 0 Å². The van der Waals surface area contributed by atoms with E-state index in [9.17, 15) is 4.79 Å². The highest BCUT2D eigenvalue weighted by Gasteiger charge is 2.23. The Morgan fingerprint density at radius 3 is 2.73 bits per heavy atom. The van der Waals surface area contributed by atoms with Crippen molar-refractivity contribution in [3.05, 3.63) is 30.1 Å². The monoisotopic (exact) mass is 357 g/mol. The fourth-order valence-corrected chi connectivity index (χ4v) is 3.33. The number of piperidine rings is 1. The molecule has 1 aromatic heterocycles. The van der Waals surface area contributed by atoms with Gasteiger partial charge in [0.05, 0.1) is 6.61 Å². The molecule has 1 atom stereocenters. The Morgan fingerprint density at radius 1 is 1.19 bits per heavy atom. The van der Waals surface area contributed by atoms with Crippen LogP contribution in [0.25, 0.3) is 11.5 Å². The van der Waals surface area contributed by atoms with Crippen LogP contribution in [0.3, 0.4) is 0 Å². The minimum Gasteiger partial charge on any atom is -0.484 e. The van der Waals surface area contributed by atoms with Crippen LogP contribution in [0, 0.1) is 0 Å². The summed E-state index contributed by atoms with van der Waals surface area (Å²) < 4.78 is 16.3. The minimum absolute atomic E-state index is 0.0501. The maximum absolute atomic E-state index is 12.1. The van der Waals surface area contributed by atoms with Crippen molar-refractivity contribution < 1.29 is 18.8 Å². The number of ether oxygens (including phenoxy) is 2. The first kappa shape index (κ1) is 17.0. The Morgan fingerprint density at radius 2 is 2.00 bits per heavy atom. The molecule has 7 nitrogen and oxygen atoms in total. The first-order valence-electron chi connectivity index (χ1n) is 9.22. The standard InChI is InChI=1S/C19H23N3O4/c23-17(22-9-2-1-3-10-22)13-25-16-6-4-14(5-7-16)19-20-18(21-26-19)15-8-11-24-12-15/h4-7,15H,1-3,8-13H2/t15-/m1/s1. The molecule has 0 aliphatic carbocycles. The van der Waals surface area contributed by atoms with E-state index in [1.807, 2.05) is 29.2 Å². The first-order valence-corrected chi connectivity index (χ1v) is 9.22. The van der Waals surface area contributed by atoms with Gasteiger partial charge in [0, 0.05) is 31.2 Å². The zero-order chi connectivity index (χ0) is 17.8. The molecule has 2 fully saturated rings. The van der Waals surface area contributed by atoms with E-state index in [0.29, 0.717) is 24.1 Å². The van der Waals surface area contributed by atoms with Gasteiger partial charge in [-0.1, -0.05) is 5.16 Å². The molecule has 1 aromatic carbocycles. The van der Waals surface area contributed by atoms with Crippen LogP contribution in [0.15, 0.2) is 28.8 Å². The van der Waals surface area contributed by atoms with E-state index >= 15 is 0 Å². The van der Waals surface area contributed by atoms with Gasteiger partial charge in [-0.05, 0) is 49.9 Å². The second-order valence-electron chi connectivity index (χ2n) is 6.77. The molecule has 7 heteroatoms. The lowest BCUT2D eigenvalue weighted by atomic mass is 10.1. The largest absolute Gasteiger partial charge is 0.484 e. The van der Waals surface area contributed by atoms with Gasteiger partial charge in [0.15, 0.2) is 12.4 Å². The number of hydrogen-bond acceptors (Lipinski definition) is 6. The summed E-state index contributed by atoms with van der Waals surface area (Å²) in [6.45, 7) is 3.15. The number of carbonyl (C=O) groups excluding carboxylic acids is 1. The summed E-state index contributed by atoms with van der Waals surface area (Å²) in [5.41, 5.74) is 0.831. The average Bonchev–Trinajstić information content (AvgIpc) is 3.39. The molecule has 0 radical (unpaired) electrons. The van der Waals surface area contributed by atoms with Crippen LogP contribution in [0.1, 0.15) is 37.4 Å². The Bertz CT molecular complexity index is 731. The topological polar surface area (TPSA) is 77.7 Å². The summed E-state index contributed by atoms with van der Waals surface area (Å²) in [6.07, 6.45) is 4.30. The smallest absolute Gasteiger partial charge is 0.260 e. The van der Waals surface area contributed by atoms with Crippen molar-refractivity contribution in [2.24, 2.45) is 0 Å². The fourth-order valence-electron chi connectivity index (χ4n) is 3.33. The molecule has 0 N–H and O–H groups in total. The number of likely N-dealkylation sites (tertiary alicyclic amines) is 1. The third-order valence-corrected chi connectivity index (χ3v) is 4.91. The molecule has 1 amide bonds. The minimum atomic E-state index is 0.0501. The van der Waals surface area contributed by atoms with Crippen molar-refractivity contribution in [2.45, 2.75) is 31.6 Å². The summed E-state index contributed by atoms with van der Waals surface area (Å²) in [6, 6.07) is 7.37. The van der Waals surface area contributed by atoms with Crippen molar-refractivity contribution in [1.82, 2.24) is 15.0 Å². The number of amides is 1. The highest BCUT2D eigenvalue weighted by molar-refractivity contribution is 5.77. The van der Waals surface area contributed by atoms with Crippen LogP contribution >= 0.6 is 0 Å². The molecular formula is C19H23N3O4. The third-order valence-electron chi connectivity index (χ3n) is 4.91. The van der Waals surface area contributed by atoms with E-state index in [2.05, 4.69) is 10.1 Å². The molecule has 3 heterocycles. The molecule has 26 heavy (non-hydrogen) atoms. The normalized spacial score (nSPS) is 20.3. The highest BCUT2D eigenvalue weighted by Crippen LogP contribution is 2.26. The van der Waals surface area contributed by atoms with Crippen LogP contribution < -0.4 is 4.74 Å². The van der Waals surface area contributed by atoms with Gasteiger partial charge in [-0.25, -0.2) is 0 Å². The predicted octanol–water partition coefficient (Wildman–Crippen LogP) is 2.63. The summed E-state index contributed by atoms with van der Waals surface area (Å²) >= 11 is 0. The number of carbonyl (C=O) groups is 1. The van der Waals surface area contributed by atoms with Crippen LogP contribution in [-0.4, -0.2) is 53.9 Å². The Kier molecular flexibility index (Phi) is 5.15. The van der Waals surface area contributed by atoms with Gasteiger partial charge in [-0.15, -0.1) is 0 Å². The van der Waals surface area contributed by atoms with Crippen LogP contribution in [-0.2, 0) is 9.53 Å². The molecule has 2 saturated heterocycles. The molecule has 138 valence electrons. The van der Waals surface area contributed by atoms with Gasteiger partial charge in [-0.3, -0.25) is 4.79 Å². The van der Waals surface area contributed by atoms with E-state index in [4.69, 9.17) is 14.0 Å². The Labute approximate surface area is 152 Å². The predicted molar refractivity (Wildman–Crippen MR) is 93.8 cm³/mol. The molecule has 2 aliphatic rings. The number of nitrogens with zero attached hydrogens (tertiary/aromatic N) is 3. The molecule has 0 saturated carbocycles. The van der Waals surface area contributed by atoms with Crippen LogP contribution in [0.4, 0.5) is 0 Å². The van der Waals surface area contributed by atoms with Crippen molar-refractivity contribution in [3.8, 4) is 17.2 Å². The first-order chi connectivity index (χ1) is 12.8. The second-order valence-corrected chi connectivity index (χ2v) is 6.77. The van der Waals surface area contributed by atoms with Crippen LogP contribution in [0.5, 0.6) is 5.75 Å². The van der Waals surface area contributed by atoms with E-state index in [1.165, 1.54) is 6.42 Å². The molecule has 2 aliphatic heterocycles. The maximum Gasteiger partial charge on any atom is 0.260 e. The molecule has 0 unspecified atom stereocenters. The molecule has 0 bridgehead atoms. The number of hydrogen-bond donors (Lipinski definition) is 0. The van der Waals surface area contributed by atoms with Gasteiger partial charge in [0.2, 0.25) is 0 Å². The second kappa shape index (κ2) is 7.86.